The van der Waals surface area contributed by atoms with Crippen molar-refractivity contribution in [2.75, 3.05) is 18.9 Å². The minimum absolute atomic E-state index is 0.0374. The first kappa shape index (κ1) is 17.0. The van der Waals surface area contributed by atoms with Gasteiger partial charge in [-0.3, -0.25) is 4.79 Å². The van der Waals surface area contributed by atoms with E-state index in [4.69, 9.17) is 4.74 Å². The molecule has 0 bridgehead atoms. The summed E-state index contributed by atoms with van der Waals surface area (Å²) in [6.07, 6.45) is 4.31. The van der Waals surface area contributed by atoms with Gasteiger partial charge in [-0.05, 0) is 25.3 Å². The van der Waals surface area contributed by atoms with Crippen LogP contribution in [-0.2, 0) is 16.1 Å². The molecule has 6 heteroatoms. The number of amides is 1. The Morgan fingerprint density at radius 3 is 2.96 bits per heavy atom. The van der Waals surface area contributed by atoms with Gasteiger partial charge in [0, 0.05) is 13.2 Å². The molecule has 0 aliphatic carbocycles. The molecule has 1 saturated heterocycles. The number of nitrogens with one attached hydrogen (secondary N) is 1. The first-order valence-electron chi connectivity index (χ1n) is 8.40. The maximum absolute atomic E-state index is 11.8. The van der Waals surface area contributed by atoms with Gasteiger partial charge < -0.3 is 14.6 Å². The van der Waals surface area contributed by atoms with Crippen LogP contribution in [0.15, 0.2) is 41.7 Å². The Morgan fingerprint density at radius 2 is 2.25 bits per heavy atom. The number of thioether (sulfide) groups is 1. The Balaban J connectivity index is 1.81. The summed E-state index contributed by atoms with van der Waals surface area (Å²) >= 11 is 1.48. The Morgan fingerprint density at radius 1 is 1.42 bits per heavy atom. The number of rotatable bonds is 7. The van der Waals surface area contributed by atoms with Crippen LogP contribution in [0.1, 0.15) is 19.8 Å². The topological polar surface area (TPSA) is 56.2 Å². The maximum Gasteiger partial charge on any atom is 0.230 e. The molecule has 1 aliphatic rings. The summed E-state index contributed by atoms with van der Waals surface area (Å²) < 4.78 is 7.99. The quantitative estimate of drug-likeness (QED) is 0.784. The van der Waals surface area contributed by atoms with E-state index in [1.165, 1.54) is 11.8 Å². The zero-order valence-electron chi connectivity index (χ0n) is 13.9. The van der Waals surface area contributed by atoms with Crippen molar-refractivity contribution >= 4 is 17.7 Å². The lowest BCUT2D eigenvalue weighted by Gasteiger charge is -2.16. The minimum Gasteiger partial charge on any atom is -0.376 e. The van der Waals surface area contributed by atoms with Gasteiger partial charge in [0.25, 0.3) is 0 Å². The normalized spacial score (nSPS) is 17.1. The second-order valence-electron chi connectivity index (χ2n) is 5.78. The van der Waals surface area contributed by atoms with Crippen molar-refractivity contribution in [1.29, 1.82) is 0 Å². The molecule has 5 nitrogen and oxygen atoms in total. The van der Waals surface area contributed by atoms with Gasteiger partial charge in [-0.25, -0.2) is 4.98 Å². The third-order valence-corrected chi connectivity index (χ3v) is 5.00. The molecular formula is C18H23N3O2S. The zero-order valence-corrected chi connectivity index (χ0v) is 14.7. The molecule has 1 fully saturated rings. The van der Waals surface area contributed by atoms with Gasteiger partial charge in [0.2, 0.25) is 5.91 Å². The summed E-state index contributed by atoms with van der Waals surface area (Å²) in [5.74, 6) is 0.417. The Hall–Kier alpha value is -1.79. The molecule has 1 aliphatic heterocycles. The molecule has 1 aromatic heterocycles. The minimum atomic E-state index is 0.0374. The van der Waals surface area contributed by atoms with Crippen molar-refractivity contribution in [2.45, 2.75) is 37.6 Å². The predicted molar refractivity (Wildman–Crippen MR) is 96.0 cm³/mol. The number of carbonyl (C=O) groups excluding carboxylic acids is 1. The molecular weight excluding hydrogens is 322 g/mol. The molecule has 0 radical (unpaired) electrons. The highest BCUT2D eigenvalue weighted by molar-refractivity contribution is 7.99. The van der Waals surface area contributed by atoms with Gasteiger partial charge in [-0.15, -0.1) is 0 Å². The Labute approximate surface area is 146 Å². The van der Waals surface area contributed by atoms with Gasteiger partial charge in [0.1, 0.15) is 0 Å². The van der Waals surface area contributed by atoms with Gasteiger partial charge >= 0.3 is 0 Å². The largest absolute Gasteiger partial charge is 0.376 e. The van der Waals surface area contributed by atoms with Gasteiger partial charge in [0.15, 0.2) is 5.16 Å². The molecule has 2 heterocycles. The summed E-state index contributed by atoms with van der Waals surface area (Å²) in [7, 11) is 0. The monoisotopic (exact) mass is 345 g/mol. The molecule has 24 heavy (non-hydrogen) atoms. The number of hydrogen-bond donors (Lipinski definition) is 1. The van der Waals surface area contributed by atoms with E-state index in [-0.39, 0.29) is 12.0 Å². The van der Waals surface area contributed by atoms with E-state index in [2.05, 4.69) is 27.0 Å². The van der Waals surface area contributed by atoms with E-state index < -0.39 is 0 Å². The molecule has 1 aromatic carbocycles. The lowest BCUT2D eigenvalue weighted by Crippen LogP contribution is -2.24. The van der Waals surface area contributed by atoms with E-state index in [0.29, 0.717) is 12.3 Å². The molecule has 0 unspecified atom stereocenters. The van der Waals surface area contributed by atoms with E-state index >= 15 is 0 Å². The predicted octanol–water partition coefficient (Wildman–Crippen LogP) is 2.96. The number of aromatic nitrogens is 2. The number of imidazole rings is 1. The third-order valence-electron chi connectivity index (χ3n) is 4.01. The summed E-state index contributed by atoms with van der Waals surface area (Å²) in [5.41, 5.74) is 2.21. The number of benzene rings is 1. The lowest BCUT2D eigenvalue weighted by atomic mass is 10.1. The molecule has 1 N–H and O–H groups in total. The van der Waals surface area contributed by atoms with Crippen LogP contribution in [0.5, 0.6) is 0 Å². The van der Waals surface area contributed by atoms with E-state index in [1.54, 1.807) is 0 Å². The van der Waals surface area contributed by atoms with Crippen molar-refractivity contribution in [1.82, 2.24) is 14.9 Å². The smallest absolute Gasteiger partial charge is 0.230 e. The fourth-order valence-electron chi connectivity index (χ4n) is 2.86. The van der Waals surface area contributed by atoms with Crippen molar-refractivity contribution in [3.63, 3.8) is 0 Å². The van der Waals surface area contributed by atoms with Gasteiger partial charge in [-0.2, -0.15) is 0 Å². The van der Waals surface area contributed by atoms with Crippen molar-refractivity contribution in [3.05, 3.63) is 36.5 Å². The van der Waals surface area contributed by atoms with Crippen LogP contribution in [0.4, 0.5) is 0 Å². The van der Waals surface area contributed by atoms with Gasteiger partial charge in [0.05, 0.1) is 30.3 Å². The van der Waals surface area contributed by atoms with Crippen molar-refractivity contribution in [2.24, 2.45) is 0 Å². The number of ether oxygens (including phenoxy) is 1. The fraction of sp³-hybridized carbons (Fsp3) is 0.444. The SMILES string of the molecule is CCNC(=O)CSc1ncc(-c2ccccc2)n1C[C@@H]1CCCO1. The maximum atomic E-state index is 11.8. The molecule has 128 valence electrons. The Kier molecular flexibility index (Phi) is 5.93. The van der Waals surface area contributed by atoms with E-state index in [0.717, 1.165) is 42.4 Å². The number of nitrogens with zero attached hydrogens (tertiary/aromatic N) is 2. The van der Waals surface area contributed by atoms with Crippen molar-refractivity contribution in [3.8, 4) is 11.3 Å². The summed E-state index contributed by atoms with van der Waals surface area (Å²) in [6, 6.07) is 10.2. The van der Waals surface area contributed by atoms with Gasteiger partial charge in [-0.1, -0.05) is 42.1 Å². The standard InChI is InChI=1S/C18H23N3O2S/c1-2-19-17(22)13-24-18-20-11-16(14-7-4-3-5-8-14)21(18)12-15-9-6-10-23-15/h3-5,7-8,11,15H,2,6,9-10,12-13H2,1H3,(H,19,22)/t15-/m0/s1. The second kappa shape index (κ2) is 8.35. The summed E-state index contributed by atoms with van der Waals surface area (Å²) in [4.78, 5) is 16.3. The first-order valence-corrected chi connectivity index (χ1v) is 9.38. The summed E-state index contributed by atoms with van der Waals surface area (Å²) in [5, 5.41) is 3.70. The van der Waals surface area contributed by atoms with Crippen LogP contribution in [0.3, 0.4) is 0 Å². The molecule has 0 spiro atoms. The molecule has 3 rings (SSSR count). The van der Waals surface area contributed by atoms with Crippen LogP contribution in [0, 0.1) is 0 Å². The third kappa shape index (κ3) is 4.19. The highest BCUT2D eigenvalue weighted by atomic mass is 32.2. The van der Waals surface area contributed by atoms with Crippen molar-refractivity contribution < 1.29 is 9.53 Å². The van der Waals surface area contributed by atoms with Crippen LogP contribution in [0.25, 0.3) is 11.3 Å². The molecule has 2 aromatic rings. The second-order valence-corrected chi connectivity index (χ2v) is 6.72. The number of carbonyl (C=O) groups is 1. The fourth-order valence-corrected chi connectivity index (χ4v) is 3.68. The first-order chi connectivity index (χ1) is 11.8. The molecule has 0 saturated carbocycles. The van der Waals surface area contributed by atoms with Crippen LogP contribution < -0.4 is 5.32 Å². The van der Waals surface area contributed by atoms with Crippen LogP contribution in [0.2, 0.25) is 0 Å². The number of hydrogen-bond acceptors (Lipinski definition) is 4. The van der Waals surface area contributed by atoms with E-state index in [1.807, 2.05) is 31.3 Å². The highest BCUT2D eigenvalue weighted by Gasteiger charge is 2.21. The lowest BCUT2D eigenvalue weighted by molar-refractivity contribution is -0.118. The average molecular weight is 345 g/mol. The van der Waals surface area contributed by atoms with Crippen LogP contribution in [-0.4, -0.2) is 40.5 Å². The Bertz CT molecular complexity index is 666. The van der Waals surface area contributed by atoms with E-state index in [9.17, 15) is 4.79 Å². The molecule has 1 atom stereocenters. The van der Waals surface area contributed by atoms with Crippen LogP contribution >= 0.6 is 11.8 Å². The zero-order chi connectivity index (χ0) is 16.8. The average Bonchev–Trinajstić information content (AvgIpc) is 3.25. The molecule has 1 amide bonds. The summed E-state index contributed by atoms with van der Waals surface area (Å²) in [6.45, 7) is 4.19. The highest BCUT2D eigenvalue weighted by Crippen LogP contribution is 2.28.